The van der Waals surface area contributed by atoms with Crippen LogP contribution < -0.4 is 9.48 Å². The number of nitrogens with zero attached hydrogens (tertiary/aromatic N) is 3. The van der Waals surface area contributed by atoms with Crippen molar-refractivity contribution in [2.45, 2.75) is 6.04 Å². The second-order valence-electron chi connectivity index (χ2n) is 12.3. The third-order valence-electron chi connectivity index (χ3n) is 10.0. The molecular formula is C42H26N3O+. The fourth-order valence-electron chi connectivity index (χ4n) is 8.19. The zero-order valence-electron chi connectivity index (χ0n) is 24.8. The number of benzene rings is 6. The molecule has 0 saturated carbocycles. The lowest BCUT2D eigenvalue weighted by molar-refractivity contribution is 0.668. The lowest BCUT2D eigenvalue weighted by Crippen LogP contribution is -2.43. The Balaban J connectivity index is 1.18. The number of para-hydroxylation sites is 5. The van der Waals surface area contributed by atoms with Crippen LogP contribution in [0.5, 0.6) is 0 Å². The average molecular weight is 589 g/mol. The number of hydrogen-bond donors (Lipinski definition) is 0. The summed E-state index contributed by atoms with van der Waals surface area (Å²) in [7, 11) is 0. The summed E-state index contributed by atoms with van der Waals surface area (Å²) in [5.41, 5.74) is 13.9. The van der Waals surface area contributed by atoms with Crippen LogP contribution in [0.2, 0.25) is 0 Å². The zero-order chi connectivity index (χ0) is 29.9. The maximum absolute atomic E-state index is 6.60. The molecule has 0 saturated heterocycles. The van der Waals surface area contributed by atoms with Crippen molar-refractivity contribution in [2.75, 3.05) is 4.90 Å². The van der Waals surface area contributed by atoms with E-state index >= 15 is 0 Å². The first-order valence-electron chi connectivity index (χ1n) is 15.8. The summed E-state index contributed by atoms with van der Waals surface area (Å²) in [6.45, 7) is 0. The van der Waals surface area contributed by atoms with Crippen LogP contribution in [-0.2, 0) is 0 Å². The van der Waals surface area contributed by atoms with Gasteiger partial charge in [0.15, 0.2) is 0 Å². The summed E-state index contributed by atoms with van der Waals surface area (Å²) < 4.78 is 11.4. The molecule has 4 nitrogen and oxygen atoms in total. The SMILES string of the molecule is C1=CC2=[N+](c3ccc4c(c3)c3ccccc3n4-c3ccccc3)c3ccccc3N3c4ccc5c(oc6ccccc65)c4C(=C1)C23. The fourth-order valence-corrected chi connectivity index (χ4v) is 8.19. The first kappa shape index (κ1) is 24.2. The summed E-state index contributed by atoms with van der Waals surface area (Å²) in [5, 5.41) is 4.81. The van der Waals surface area contributed by atoms with E-state index in [2.05, 4.69) is 160 Å². The Hall–Kier alpha value is -6.13. The van der Waals surface area contributed by atoms with Gasteiger partial charge >= 0.3 is 0 Å². The number of aromatic nitrogens is 1. The van der Waals surface area contributed by atoms with E-state index in [1.165, 1.54) is 61.4 Å². The van der Waals surface area contributed by atoms with E-state index in [1.54, 1.807) is 0 Å². The van der Waals surface area contributed by atoms with Gasteiger partial charge in [0.25, 0.3) is 0 Å². The van der Waals surface area contributed by atoms with Gasteiger partial charge in [-0.3, -0.25) is 0 Å². The van der Waals surface area contributed by atoms with Gasteiger partial charge < -0.3 is 13.9 Å². The predicted molar refractivity (Wildman–Crippen MR) is 190 cm³/mol. The van der Waals surface area contributed by atoms with Gasteiger partial charge in [-0.25, -0.2) is 0 Å². The van der Waals surface area contributed by atoms with Crippen LogP contribution in [0.3, 0.4) is 0 Å². The maximum atomic E-state index is 6.60. The van der Waals surface area contributed by atoms with Crippen molar-refractivity contribution in [1.29, 1.82) is 0 Å². The van der Waals surface area contributed by atoms with E-state index in [1.807, 2.05) is 6.07 Å². The number of furan rings is 1. The van der Waals surface area contributed by atoms with Gasteiger partial charge in [0.2, 0.25) is 17.1 Å². The van der Waals surface area contributed by atoms with E-state index in [-0.39, 0.29) is 6.04 Å². The zero-order valence-corrected chi connectivity index (χ0v) is 24.8. The smallest absolute Gasteiger partial charge is 0.235 e. The molecule has 0 fully saturated rings. The van der Waals surface area contributed by atoms with Crippen LogP contribution >= 0.6 is 0 Å². The Morgan fingerprint density at radius 2 is 1.39 bits per heavy atom. The Morgan fingerprint density at radius 3 is 2.33 bits per heavy atom. The van der Waals surface area contributed by atoms with E-state index in [0.717, 1.165) is 27.6 Å². The lowest BCUT2D eigenvalue weighted by Gasteiger charge is -2.32. The van der Waals surface area contributed by atoms with Crippen LogP contribution in [0.4, 0.5) is 22.7 Å². The molecule has 214 valence electrons. The van der Waals surface area contributed by atoms with Crippen molar-refractivity contribution in [3.63, 3.8) is 0 Å². The molecule has 8 aromatic rings. The number of rotatable bonds is 2. The molecule has 1 atom stereocenters. The van der Waals surface area contributed by atoms with Crippen molar-refractivity contribution < 1.29 is 4.42 Å². The molecule has 2 aliphatic heterocycles. The molecule has 11 rings (SSSR count). The van der Waals surface area contributed by atoms with Gasteiger partial charge in [0, 0.05) is 57.1 Å². The first-order valence-corrected chi connectivity index (χ1v) is 15.8. The first-order chi connectivity index (χ1) is 22.8. The predicted octanol–water partition coefficient (Wildman–Crippen LogP) is 10.4. The Bertz CT molecular complexity index is 2700. The highest BCUT2D eigenvalue weighted by molar-refractivity contribution is 6.24. The van der Waals surface area contributed by atoms with E-state index in [9.17, 15) is 0 Å². The molecule has 0 spiro atoms. The van der Waals surface area contributed by atoms with Gasteiger partial charge in [0.05, 0.1) is 16.7 Å². The number of fused-ring (bicyclic) bond motifs is 12. The summed E-state index contributed by atoms with van der Waals surface area (Å²) in [6.07, 6.45) is 6.77. The van der Waals surface area contributed by atoms with Gasteiger partial charge in [-0.05, 0) is 54.1 Å². The Kier molecular flexibility index (Phi) is 4.60. The molecule has 0 N–H and O–H groups in total. The fraction of sp³-hybridized carbons (Fsp3) is 0.0238. The largest absolute Gasteiger partial charge is 0.455 e. The second kappa shape index (κ2) is 8.74. The average Bonchev–Trinajstić information content (AvgIpc) is 3.77. The van der Waals surface area contributed by atoms with Gasteiger partial charge in [0.1, 0.15) is 22.9 Å². The maximum Gasteiger partial charge on any atom is 0.235 e. The van der Waals surface area contributed by atoms with Crippen LogP contribution in [0.25, 0.3) is 55.0 Å². The quantitative estimate of drug-likeness (QED) is 0.188. The molecule has 0 radical (unpaired) electrons. The van der Waals surface area contributed by atoms with Crippen molar-refractivity contribution in [3.05, 3.63) is 157 Å². The number of allylic oxidation sites excluding steroid dienone is 2. The number of anilines is 2. The molecule has 4 heteroatoms. The van der Waals surface area contributed by atoms with Gasteiger partial charge in [-0.1, -0.05) is 78.9 Å². The normalized spacial score (nSPS) is 16.4. The highest BCUT2D eigenvalue weighted by Gasteiger charge is 2.49. The van der Waals surface area contributed by atoms with Gasteiger partial charge in [-0.2, -0.15) is 4.58 Å². The summed E-state index contributed by atoms with van der Waals surface area (Å²) in [4.78, 5) is 2.51. The highest BCUT2D eigenvalue weighted by atomic mass is 16.3. The summed E-state index contributed by atoms with van der Waals surface area (Å²) in [5.74, 6) is 0. The molecule has 1 unspecified atom stereocenters. The van der Waals surface area contributed by atoms with E-state index in [4.69, 9.17) is 4.42 Å². The third-order valence-corrected chi connectivity index (χ3v) is 10.0. The highest BCUT2D eigenvalue weighted by Crippen LogP contribution is 2.55. The minimum absolute atomic E-state index is 0.0371. The second-order valence-corrected chi connectivity index (χ2v) is 12.3. The molecule has 6 aromatic carbocycles. The molecule has 0 bridgehead atoms. The van der Waals surface area contributed by atoms with Crippen LogP contribution in [0.1, 0.15) is 5.56 Å². The standard InChI is InChI=1S/C42H26N3O/c1-2-11-26(12-3-1)43-33-16-6-4-13-28(33)32-25-27(21-23-34(32)43)44-35-17-7-8-18-36(35)45-37-24-22-30-29-14-5-9-20-39(29)46-42(30)40(37)31-15-10-19-38(44)41(31)45/h1-25,41H/q+1. The topological polar surface area (TPSA) is 24.3 Å². The van der Waals surface area contributed by atoms with Crippen LogP contribution in [0.15, 0.2) is 156 Å². The van der Waals surface area contributed by atoms with E-state index < -0.39 is 0 Å². The van der Waals surface area contributed by atoms with Crippen molar-refractivity contribution in [1.82, 2.24) is 9.14 Å². The van der Waals surface area contributed by atoms with Gasteiger partial charge in [-0.15, -0.1) is 0 Å². The van der Waals surface area contributed by atoms with Crippen LogP contribution in [0, 0.1) is 0 Å². The lowest BCUT2D eigenvalue weighted by atomic mass is 9.91. The van der Waals surface area contributed by atoms with Crippen molar-refractivity contribution >= 4 is 77.8 Å². The minimum Gasteiger partial charge on any atom is -0.455 e. The molecule has 46 heavy (non-hydrogen) atoms. The third kappa shape index (κ3) is 3.01. The van der Waals surface area contributed by atoms with E-state index in [0.29, 0.717) is 0 Å². The Labute approximate surface area is 264 Å². The number of hydrogen-bond acceptors (Lipinski definition) is 2. The van der Waals surface area contributed by atoms with Crippen molar-refractivity contribution in [3.8, 4) is 5.69 Å². The van der Waals surface area contributed by atoms with Crippen molar-refractivity contribution in [2.24, 2.45) is 0 Å². The summed E-state index contributed by atoms with van der Waals surface area (Å²) >= 11 is 0. The molecule has 1 aliphatic carbocycles. The monoisotopic (exact) mass is 588 g/mol. The van der Waals surface area contributed by atoms with Crippen LogP contribution in [-0.4, -0.2) is 16.3 Å². The molecule has 4 heterocycles. The summed E-state index contributed by atoms with van der Waals surface area (Å²) in [6, 6.07) is 48.1. The molecule has 3 aliphatic rings. The minimum atomic E-state index is 0.0371. The molecule has 0 amide bonds. The molecular weight excluding hydrogens is 562 g/mol. The Morgan fingerprint density at radius 1 is 0.609 bits per heavy atom. The molecule has 2 aromatic heterocycles.